The number of carbonyl (C=O) groups excluding carboxylic acids is 1. The van der Waals surface area contributed by atoms with Crippen molar-refractivity contribution in [2.24, 2.45) is 5.92 Å². The van der Waals surface area contributed by atoms with Crippen molar-refractivity contribution in [3.63, 3.8) is 0 Å². The molecule has 1 aromatic carbocycles. The number of benzene rings is 1. The van der Waals surface area contributed by atoms with Crippen LogP contribution in [0.3, 0.4) is 0 Å². The van der Waals surface area contributed by atoms with E-state index < -0.39 is 17.9 Å². The highest BCUT2D eigenvalue weighted by molar-refractivity contribution is 6.30. The number of carboxylic acid groups (broad SMARTS) is 1. The minimum absolute atomic E-state index is 0.113. The van der Waals surface area contributed by atoms with Crippen LogP contribution < -0.4 is 5.32 Å². The molecule has 1 amide bonds. The molecule has 3 atom stereocenters. The molecule has 0 unspecified atom stereocenters. The fourth-order valence-corrected chi connectivity index (χ4v) is 3.43. The zero-order valence-corrected chi connectivity index (χ0v) is 15.0. The summed E-state index contributed by atoms with van der Waals surface area (Å²) in [5, 5.41) is 12.9. The van der Waals surface area contributed by atoms with Crippen molar-refractivity contribution in [3.8, 4) is 0 Å². The van der Waals surface area contributed by atoms with E-state index in [2.05, 4.69) is 5.32 Å². The van der Waals surface area contributed by atoms with Crippen LogP contribution in [0.5, 0.6) is 0 Å². The average molecular weight is 354 g/mol. The van der Waals surface area contributed by atoms with Crippen LogP contribution in [-0.4, -0.2) is 67.1 Å². The Morgan fingerprint density at radius 3 is 2.71 bits per heavy atom. The Hall–Kier alpha value is -1.63. The number of carboxylic acids is 1. The standard InChI is InChI=1S/C17H24ClN3O3/c1-20(2)8-7-19-16(22)13-10-14(17(23)24)21(3)15(13)11-5-4-6-12(18)9-11/h4-6,9,13-15H,7-8,10H2,1-3H3,(H,19,22)(H,23,24)/t13-,14-,15-/m1/s1. The molecule has 7 heteroatoms. The van der Waals surface area contributed by atoms with Gasteiger partial charge in [-0.1, -0.05) is 23.7 Å². The molecule has 1 heterocycles. The number of likely N-dealkylation sites (N-methyl/N-ethyl adjacent to an activating group) is 2. The Morgan fingerprint density at radius 2 is 2.12 bits per heavy atom. The van der Waals surface area contributed by atoms with Gasteiger partial charge in [0.2, 0.25) is 5.91 Å². The van der Waals surface area contributed by atoms with Gasteiger partial charge in [0, 0.05) is 24.2 Å². The molecule has 1 aliphatic heterocycles. The van der Waals surface area contributed by atoms with E-state index in [-0.39, 0.29) is 18.4 Å². The Labute approximate surface area is 147 Å². The summed E-state index contributed by atoms with van der Waals surface area (Å²) in [6.07, 6.45) is 0.289. The van der Waals surface area contributed by atoms with Crippen molar-refractivity contribution >= 4 is 23.5 Å². The third-order valence-corrected chi connectivity index (χ3v) is 4.69. The first-order valence-corrected chi connectivity index (χ1v) is 8.31. The fourth-order valence-electron chi connectivity index (χ4n) is 3.23. The fraction of sp³-hybridized carbons (Fsp3) is 0.529. The summed E-state index contributed by atoms with van der Waals surface area (Å²) in [6.45, 7) is 1.27. The van der Waals surface area contributed by atoms with E-state index >= 15 is 0 Å². The SMILES string of the molecule is CN(C)CCNC(=O)[C@@H]1C[C@H](C(=O)O)N(C)[C@@H]1c1cccc(Cl)c1. The number of aliphatic carboxylic acids is 1. The highest BCUT2D eigenvalue weighted by Crippen LogP contribution is 2.40. The molecule has 0 aromatic heterocycles. The second-order valence-corrected chi connectivity index (χ2v) is 6.89. The lowest BCUT2D eigenvalue weighted by Crippen LogP contribution is -2.38. The van der Waals surface area contributed by atoms with Gasteiger partial charge < -0.3 is 15.3 Å². The topological polar surface area (TPSA) is 72.9 Å². The van der Waals surface area contributed by atoms with Crippen LogP contribution in [0.1, 0.15) is 18.0 Å². The Balaban J connectivity index is 2.22. The summed E-state index contributed by atoms with van der Waals surface area (Å²) in [4.78, 5) is 27.9. The van der Waals surface area contributed by atoms with Crippen molar-refractivity contribution in [2.45, 2.75) is 18.5 Å². The zero-order chi connectivity index (χ0) is 17.9. The maximum atomic E-state index is 12.6. The number of nitrogens with zero attached hydrogens (tertiary/aromatic N) is 2. The molecule has 2 rings (SSSR count). The van der Waals surface area contributed by atoms with Gasteiger partial charge in [0.25, 0.3) is 0 Å². The van der Waals surface area contributed by atoms with Gasteiger partial charge in [-0.05, 0) is 45.3 Å². The van der Waals surface area contributed by atoms with Gasteiger partial charge in [0.05, 0.1) is 5.92 Å². The first-order valence-electron chi connectivity index (χ1n) is 7.94. The van der Waals surface area contributed by atoms with Crippen LogP contribution in [0.4, 0.5) is 0 Å². The Kier molecular flexibility index (Phi) is 6.21. The first kappa shape index (κ1) is 18.7. The monoisotopic (exact) mass is 353 g/mol. The van der Waals surface area contributed by atoms with Gasteiger partial charge in [-0.15, -0.1) is 0 Å². The molecule has 0 spiro atoms. The maximum absolute atomic E-state index is 12.6. The van der Waals surface area contributed by atoms with E-state index in [0.29, 0.717) is 11.6 Å². The molecule has 2 N–H and O–H groups in total. The lowest BCUT2D eigenvalue weighted by atomic mass is 9.92. The van der Waals surface area contributed by atoms with Crippen molar-refractivity contribution < 1.29 is 14.7 Å². The van der Waals surface area contributed by atoms with Crippen LogP contribution in [-0.2, 0) is 9.59 Å². The summed E-state index contributed by atoms with van der Waals surface area (Å²) in [7, 11) is 5.62. The summed E-state index contributed by atoms with van der Waals surface area (Å²) >= 11 is 6.07. The van der Waals surface area contributed by atoms with Crippen LogP contribution in [0, 0.1) is 5.92 Å². The Morgan fingerprint density at radius 1 is 1.42 bits per heavy atom. The maximum Gasteiger partial charge on any atom is 0.320 e. The number of halogens is 1. The van der Waals surface area contributed by atoms with Gasteiger partial charge in [-0.2, -0.15) is 0 Å². The van der Waals surface area contributed by atoms with Crippen LogP contribution in [0.25, 0.3) is 0 Å². The van der Waals surface area contributed by atoms with E-state index in [1.54, 1.807) is 24.1 Å². The lowest BCUT2D eigenvalue weighted by Gasteiger charge is -2.26. The van der Waals surface area contributed by atoms with Gasteiger partial charge >= 0.3 is 5.97 Å². The minimum atomic E-state index is -0.909. The predicted octanol–water partition coefficient (Wildman–Crippen LogP) is 1.46. The number of hydrogen-bond acceptors (Lipinski definition) is 4. The lowest BCUT2D eigenvalue weighted by molar-refractivity contribution is -0.142. The van der Waals surface area contributed by atoms with Gasteiger partial charge in [-0.3, -0.25) is 14.5 Å². The predicted molar refractivity (Wildman–Crippen MR) is 93.1 cm³/mol. The number of carbonyl (C=O) groups is 2. The Bertz CT molecular complexity index is 608. The molecule has 1 aromatic rings. The molecule has 0 aliphatic carbocycles. The van der Waals surface area contributed by atoms with Crippen molar-refractivity contribution in [3.05, 3.63) is 34.9 Å². The molecular formula is C17H24ClN3O3. The average Bonchev–Trinajstić information content (AvgIpc) is 2.84. The number of hydrogen-bond donors (Lipinski definition) is 2. The van der Waals surface area contributed by atoms with E-state index in [1.165, 1.54) is 0 Å². The molecular weight excluding hydrogens is 330 g/mol. The van der Waals surface area contributed by atoms with E-state index in [0.717, 1.165) is 12.1 Å². The first-order chi connectivity index (χ1) is 11.3. The minimum Gasteiger partial charge on any atom is -0.480 e. The number of likely N-dealkylation sites (tertiary alicyclic amines) is 1. The zero-order valence-electron chi connectivity index (χ0n) is 14.2. The van der Waals surface area contributed by atoms with E-state index in [1.807, 2.05) is 31.1 Å². The third kappa shape index (κ3) is 4.26. The highest BCUT2D eigenvalue weighted by Gasteiger charge is 2.46. The third-order valence-electron chi connectivity index (χ3n) is 4.46. The van der Waals surface area contributed by atoms with Crippen LogP contribution in [0.15, 0.2) is 24.3 Å². The molecule has 132 valence electrons. The number of nitrogens with one attached hydrogen (secondary N) is 1. The number of amides is 1. The molecule has 1 aliphatic rings. The van der Waals surface area contributed by atoms with Crippen molar-refractivity contribution in [1.29, 1.82) is 0 Å². The van der Waals surface area contributed by atoms with Crippen LogP contribution >= 0.6 is 11.6 Å². The molecule has 1 fully saturated rings. The van der Waals surface area contributed by atoms with Gasteiger partial charge in [0.15, 0.2) is 0 Å². The molecule has 0 radical (unpaired) electrons. The molecule has 0 bridgehead atoms. The quantitative estimate of drug-likeness (QED) is 0.810. The summed E-state index contributed by atoms with van der Waals surface area (Å²) in [5.41, 5.74) is 0.863. The molecule has 6 nitrogen and oxygen atoms in total. The summed E-state index contributed by atoms with van der Waals surface area (Å²) in [5.74, 6) is -1.44. The van der Waals surface area contributed by atoms with E-state index in [9.17, 15) is 14.7 Å². The number of rotatable bonds is 6. The summed E-state index contributed by atoms with van der Waals surface area (Å²) < 4.78 is 0. The van der Waals surface area contributed by atoms with Gasteiger partial charge in [-0.25, -0.2) is 0 Å². The smallest absolute Gasteiger partial charge is 0.320 e. The molecule has 1 saturated heterocycles. The summed E-state index contributed by atoms with van der Waals surface area (Å²) in [6, 6.07) is 6.29. The van der Waals surface area contributed by atoms with Gasteiger partial charge in [0.1, 0.15) is 6.04 Å². The largest absolute Gasteiger partial charge is 0.480 e. The van der Waals surface area contributed by atoms with Crippen molar-refractivity contribution in [1.82, 2.24) is 15.1 Å². The highest BCUT2D eigenvalue weighted by atomic mass is 35.5. The molecule has 0 saturated carbocycles. The molecule has 24 heavy (non-hydrogen) atoms. The van der Waals surface area contributed by atoms with Crippen molar-refractivity contribution in [2.75, 3.05) is 34.2 Å². The van der Waals surface area contributed by atoms with E-state index in [4.69, 9.17) is 11.6 Å². The second kappa shape index (κ2) is 7.96. The second-order valence-electron chi connectivity index (χ2n) is 6.46. The van der Waals surface area contributed by atoms with Crippen LogP contribution in [0.2, 0.25) is 5.02 Å². The normalized spacial score (nSPS) is 24.3.